The summed E-state index contributed by atoms with van der Waals surface area (Å²) in [6.45, 7) is 4.74. The van der Waals surface area contributed by atoms with Crippen LogP contribution in [-0.4, -0.2) is 95.4 Å². The van der Waals surface area contributed by atoms with Crippen LogP contribution in [0.2, 0.25) is 0 Å². The smallest absolute Gasteiger partial charge is 0.327 e. The number of anilines is 4. The minimum atomic E-state index is -3.33. The summed E-state index contributed by atoms with van der Waals surface area (Å²) >= 11 is 0. The van der Waals surface area contributed by atoms with Crippen molar-refractivity contribution in [2.24, 2.45) is 5.92 Å². The van der Waals surface area contributed by atoms with Gasteiger partial charge < -0.3 is 25.2 Å². The van der Waals surface area contributed by atoms with E-state index in [1.807, 2.05) is 11.0 Å². The van der Waals surface area contributed by atoms with Gasteiger partial charge in [0.25, 0.3) is 0 Å². The molecule has 2 N–H and O–H groups in total. The van der Waals surface area contributed by atoms with E-state index in [4.69, 9.17) is 4.74 Å². The summed E-state index contributed by atoms with van der Waals surface area (Å²) in [7, 11) is -3.33. The fraction of sp³-hybridized carbons (Fsp3) is 0.297. The van der Waals surface area contributed by atoms with Crippen molar-refractivity contribution in [3.05, 3.63) is 95.9 Å². The van der Waals surface area contributed by atoms with Crippen LogP contribution < -0.4 is 20.3 Å². The van der Waals surface area contributed by atoms with Gasteiger partial charge in [0, 0.05) is 62.8 Å². The van der Waals surface area contributed by atoms with Crippen molar-refractivity contribution in [3.63, 3.8) is 0 Å². The normalized spacial score (nSPS) is 16.7. The number of hydrogen-bond acceptors (Lipinski definition) is 11. The zero-order chi connectivity index (χ0) is 38.6. The predicted octanol–water partition coefficient (Wildman–Crippen LogP) is 4.53. The maximum absolute atomic E-state index is 15.3. The molecule has 2 fully saturated rings. The van der Waals surface area contributed by atoms with Crippen LogP contribution in [0, 0.1) is 23.1 Å². The molecule has 2 saturated heterocycles. The zero-order valence-corrected chi connectivity index (χ0v) is 30.6. The molecule has 4 aromatic rings. The second-order valence-corrected chi connectivity index (χ2v) is 15.0. The molecule has 0 spiro atoms. The summed E-state index contributed by atoms with van der Waals surface area (Å²) in [5.41, 5.74) is 1.16. The maximum atomic E-state index is 15.3. The van der Waals surface area contributed by atoms with E-state index in [-0.39, 0.29) is 49.4 Å². The van der Waals surface area contributed by atoms with Crippen molar-refractivity contribution in [3.8, 4) is 17.6 Å². The number of pyridine rings is 2. The molecule has 280 valence electrons. The third-order valence-corrected chi connectivity index (χ3v) is 10.3. The number of carbonyl (C=O) groups excluding carboxylic acids is 3. The van der Waals surface area contributed by atoms with Gasteiger partial charge in [-0.2, -0.15) is 9.57 Å². The van der Waals surface area contributed by atoms with E-state index in [2.05, 4.69) is 26.7 Å². The van der Waals surface area contributed by atoms with Gasteiger partial charge in [-0.3, -0.25) is 14.5 Å². The lowest BCUT2D eigenvalue weighted by Gasteiger charge is -2.40. The molecule has 1 atom stereocenters. The number of amides is 4. The average molecular weight is 756 g/mol. The number of aromatic nitrogens is 2. The molecule has 15 nitrogen and oxygen atoms in total. The quantitative estimate of drug-likeness (QED) is 0.205. The summed E-state index contributed by atoms with van der Waals surface area (Å²) < 4.78 is 46.4. The Hall–Kier alpha value is -6.12. The number of carbonyl (C=O) groups is 3. The van der Waals surface area contributed by atoms with E-state index in [0.29, 0.717) is 36.1 Å². The lowest BCUT2D eigenvalue weighted by molar-refractivity contribution is -0.142. The molecule has 0 aliphatic carbocycles. The fourth-order valence-corrected chi connectivity index (χ4v) is 6.93. The van der Waals surface area contributed by atoms with Crippen molar-refractivity contribution >= 4 is 51.0 Å². The van der Waals surface area contributed by atoms with Gasteiger partial charge in [-0.05, 0) is 49.7 Å². The second-order valence-electron chi connectivity index (χ2n) is 13.1. The lowest BCUT2D eigenvalue weighted by atomic mass is 10.0. The van der Waals surface area contributed by atoms with Gasteiger partial charge in [0.05, 0.1) is 18.4 Å². The highest BCUT2D eigenvalue weighted by Gasteiger charge is 2.43. The average Bonchev–Trinajstić information content (AvgIpc) is 3.14. The molecule has 1 unspecified atom stereocenters. The molecule has 6 rings (SSSR count). The number of nitriles is 1. The van der Waals surface area contributed by atoms with E-state index >= 15 is 4.39 Å². The number of nitrogens with zero attached hydrogens (tertiary/aromatic N) is 7. The molecule has 17 heteroatoms. The van der Waals surface area contributed by atoms with E-state index in [1.165, 1.54) is 39.7 Å². The van der Waals surface area contributed by atoms with E-state index in [9.17, 15) is 28.1 Å². The number of urea groups is 1. The largest absolute Gasteiger partial charge is 0.454 e. The Kier molecular flexibility index (Phi) is 11.1. The zero-order valence-electron chi connectivity index (χ0n) is 29.8. The number of sulfonamides is 1. The standard InChI is InChI=1S/C37H38FN9O6S/c1-24(2)46-23-29(36(49)47(37(46)50)22-25-7-5-4-6-8-25)35(48)41-27-10-11-31(30(38)19-27)53-28-13-14-40-33(20-28)42-32-12-9-26(21-39)34(43-32)44-15-17-45(18-16-44)54(3,51)52/h4-14,19-20,24,29H,15-18,22-23H2,1-3H3,(H,41,48)(H,40,42,43). The first kappa shape index (κ1) is 37.6. The summed E-state index contributed by atoms with van der Waals surface area (Å²) in [5, 5.41) is 15.4. The Balaban J connectivity index is 1.11. The summed E-state index contributed by atoms with van der Waals surface area (Å²) in [5.74, 6) is -2.13. The molecule has 0 bridgehead atoms. The van der Waals surface area contributed by atoms with Crippen LogP contribution in [0.4, 0.5) is 32.3 Å². The van der Waals surface area contributed by atoms with Crippen molar-refractivity contribution in [2.45, 2.75) is 26.4 Å². The van der Waals surface area contributed by atoms with E-state index < -0.39 is 39.6 Å². The highest BCUT2D eigenvalue weighted by molar-refractivity contribution is 7.88. The molecule has 2 aliphatic rings. The monoisotopic (exact) mass is 755 g/mol. The Bertz CT molecular complexity index is 2210. The van der Waals surface area contributed by atoms with Gasteiger partial charge in [0.1, 0.15) is 35.2 Å². The highest BCUT2D eigenvalue weighted by atomic mass is 32.2. The van der Waals surface area contributed by atoms with Crippen LogP contribution in [0.15, 0.2) is 79.0 Å². The third-order valence-electron chi connectivity index (χ3n) is 8.96. The highest BCUT2D eigenvalue weighted by Crippen LogP contribution is 2.30. The van der Waals surface area contributed by atoms with Crippen molar-refractivity contribution in [2.75, 3.05) is 54.5 Å². The number of benzene rings is 2. The SMILES string of the molecule is CC(C)N1CC(C(=O)Nc2ccc(Oc3ccnc(Nc4ccc(C#N)c(N5CCN(S(C)(=O)=O)CC5)n4)c3)c(F)c2)C(=O)N(Cc2ccccc2)C1=O. The van der Waals surface area contributed by atoms with Gasteiger partial charge in [-0.1, -0.05) is 30.3 Å². The summed E-state index contributed by atoms with van der Waals surface area (Å²) in [4.78, 5) is 53.3. The Morgan fingerprint density at radius 1 is 1.02 bits per heavy atom. The first-order chi connectivity index (χ1) is 25.8. The van der Waals surface area contributed by atoms with E-state index in [1.54, 1.807) is 50.2 Å². The maximum Gasteiger partial charge on any atom is 0.327 e. The van der Waals surface area contributed by atoms with Crippen LogP contribution in [0.5, 0.6) is 11.5 Å². The minimum Gasteiger partial charge on any atom is -0.454 e. The van der Waals surface area contributed by atoms with Crippen LogP contribution >= 0.6 is 0 Å². The van der Waals surface area contributed by atoms with Crippen LogP contribution in [0.3, 0.4) is 0 Å². The second kappa shape index (κ2) is 15.9. The summed E-state index contributed by atoms with van der Waals surface area (Å²) in [6.07, 6.45) is 2.61. The number of piperazine rings is 1. The Labute approximate surface area is 312 Å². The number of ether oxygens (including phenoxy) is 1. The molecule has 0 radical (unpaired) electrons. The Morgan fingerprint density at radius 3 is 2.43 bits per heavy atom. The van der Waals surface area contributed by atoms with Crippen LogP contribution in [0.1, 0.15) is 25.0 Å². The molecule has 2 aromatic carbocycles. The van der Waals surface area contributed by atoms with Crippen molar-refractivity contribution in [1.29, 1.82) is 5.26 Å². The van der Waals surface area contributed by atoms with Gasteiger partial charge in [-0.15, -0.1) is 0 Å². The van der Waals surface area contributed by atoms with Gasteiger partial charge in [0.2, 0.25) is 21.8 Å². The van der Waals surface area contributed by atoms with Crippen LogP contribution in [-0.2, 0) is 26.2 Å². The predicted molar refractivity (Wildman–Crippen MR) is 198 cm³/mol. The summed E-state index contributed by atoms with van der Waals surface area (Å²) in [6, 6.07) is 20.5. The third kappa shape index (κ3) is 8.56. The van der Waals surface area contributed by atoms with Crippen LogP contribution in [0.25, 0.3) is 0 Å². The van der Waals surface area contributed by atoms with Crippen molar-refractivity contribution in [1.82, 2.24) is 24.1 Å². The Morgan fingerprint density at radius 2 is 1.76 bits per heavy atom. The minimum absolute atomic E-state index is 0.00990. The van der Waals surface area contributed by atoms with Gasteiger partial charge in [0.15, 0.2) is 11.6 Å². The number of rotatable bonds is 11. The first-order valence-electron chi connectivity index (χ1n) is 17.1. The molecule has 2 aromatic heterocycles. The first-order valence-corrected chi connectivity index (χ1v) is 18.9. The molecule has 2 aliphatic heterocycles. The topological polar surface area (TPSA) is 181 Å². The van der Waals surface area contributed by atoms with E-state index in [0.717, 1.165) is 22.8 Å². The fourth-order valence-electron chi connectivity index (χ4n) is 6.10. The van der Waals surface area contributed by atoms with Gasteiger partial charge >= 0.3 is 6.03 Å². The molecule has 4 amide bonds. The number of halogens is 1. The molecular weight excluding hydrogens is 718 g/mol. The number of nitrogens with one attached hydrogen (secondary N) is 2. The molecule has 4 heterocycles. The molecule has 0 saturated carbocycles. The van der Waals surface area contributed by atoms with Crippen molar-refractivity contribution < 1.29 is 31.9 Å². The number of imide groups is 1. The molecule has 54 heavy (non-hydrogen) atoms. The lowest BCUT2D eigenvalue weighted by Crippen LogP contribution is -2.60. The number of hydrogen-bond donors (Lipinski definition) is 2. The molecular formula is C37H38FN9O6S. The van der Waals surface area contributed by atoms with Gasteiger partial charge in [-0.25, -0.2) is 27.6 Å².